The average molecular weight is 496 g/mol. The molecule has 0 radical (unpaired) electrons. The van der Waals surface area contributed by atoms with E-state index in [1.165, 1.54) is 25.8 Å². The number of hydrogen-bond acceptors (Lipinski definition) is 5. The fourth-order valence-corrected chi connectivity index (χ4v) is 3.97. The van der Waals surface area contributed by atoms with Gasteiger partial charge in [0.05, 0.1) is 25.9 Å². The van der Waals surface area contributed by atoms with E-state index in [2.05, 4.69) is 20.5 Å². The first kappa shape index (κ1) is 23.1. The minimum Gasteiger partial charge on any atom is -0.381 e. The van der Waals surface area contributed by atoms with Crippen LogP contribution in [0.25, 0.3) is 0 Å². The molecule has 3 aliphatic rings. The van der Waals surface area contributed by atoms with E-state index in [-0.39, 0.29) is 24.0 Å². The van der Waals surface area contributed by atoms with E-state index in [0.29, 0.717) is 25.4 Å². The van der Waals surface area contributed by atoms with Crippen LogP contribution in [0.1, 0.15) is 32.1 Å². The number of guanidine groups is 1. The van der Waals surface area contributed by atoms with Gasteiger partial charge in [-0.15, -0.1) is 24.0 Å². The van der Waals surface area contributed by atoms with Gasteiger partial charge in [0.1, 0.15) is 0 Å². The van der Waals surface area contributed by atoms with Crippen molar-refractivity contribution in [2.75, 3.05) is 66.3 Å². The topological polar surface area (TPSA) is 67.4 Å². The molecule has 2 unspecified atom stereocenters. The van der Waals surface area contributed by atoms with Gasteiger partial charge in [-0.2, -0.15) is 0 Å². The van der Waals surface area contributed by atoms with Gasteiger partial charge < -0.3 is 29.7 Å². The lowest BCUT2D eigenvalue weighted by atomic mass is 10.0. The zero-order valence-corrected chi connectivity index (χ0v) is 19.0. The molecule has 3 fully saturated rings. The first-order valence-electron chi connectivity index (χ1n) is 10.3. The average Bonchev–Trinajstić information content (AvgIpc) is 3.36. The highest BCUT2D eigenvalue weighted by Gasteiger charge is 2.24. The Morgan fingerprint density at radius 1 is 1.19 bits per heavy atom. The Kier molecular flexibility index (Phi) is 11.2. The van der Waals surface area contributed by atoms with Gasteiger partial charge in [0.25, 0.3) is 0 Å². The molecule has 0 saturated carbocycles. The monoisotopic (exact) mass is 496 g/mol. The zero-order valence-electron chi connectivity index (χ0n) is 16.7. The maximum Gasteiger partial charge on any atom is 0.191 e. The summed E-state index contributed by atoms with van der Waals surface area (Å²) >= 11 is 0. The summed E-state index contributed by atoms with van der Waals surface area (Å²) in [4.78, 5) is 6.93. The van der Waals surface area contributed by atoms with Crippen LogP contribution < -0.4 is 10.6 Å². The molecule has 3 rings (SSSR count). The van der Waals surface area contributed by atoms with E-state index < -0.39 is 0 Å². The lowest BCUT2D eigenvalue weighted by Gasteiger charge is -2.34. The minimum absolute atomic E-state index is 0. The van der Waals surface area contributed by atoms with Crippen LogP contribution in [-0.2, 0) is 14.2 Å². The first-order valence-corrected chi connectivity index (χ1v) is 10.3. The number of nitrogens with zero attached hydrogens (tertiary/aromatic N) is 2. The minimum atomic E-state index is 0. The molecular formula is C19H37IN4O3. The van der Waals surface area contributed by atoms with Gasteiger partial charge in [0.2, 0.25) is 0 Å². The molecule has 27 heavy (non-hydrogen) atoms. The van der Waals surface area contributed by atoms with Gasteiger partial charge in [-0.25, -0.2) is 0 Å². The van der Waals surface area contributed by atoms with Crippen LogP contribution in [0.2, 0.25) is 0 Å². The van der Waals surface area contributed by atoms with Crippen LogP contribution in [-0.4, -0.2) is 89.3 Å². The number of rotatable bonds is 8. The van der Waals surface area contributed by atoms with Gasteiger partial charge >= 0.3 is 0 Å². The molecule has 2 N–H and O–H groups in total. The first-order chi connectivity index (χ1) is 12.8. The lowest BCUT2D eigenvalue weighted by Crippen LogP contribution is -2.49. The normalized spacial score (nSPS) is 27.5. The van der Waals surface area contributed by atoms with Crippen molar-refractivity contribution in [1.82, 2.24) is 15.5 Å². The van der Waals surface area contributed by atoms with Crippen molar-refractivity contribution in [3.8, 4) is 0 Å². The molecule has 0 aliphatic carbocycles. The Morgan fingerprint density at radius 3 is 2.70 bits per heavy atom. The van der Waals surface area contributed by atoms with Crippen molar-refractivity contribution in [3.63, 3.8) is 0 Å². The van der Waals surface area contributed by atoms with Crippen molar-refractivity contribution in [2.45, 2.75) is 44.2 Å². The number of ether oxygens (including phenoxy) is 3. The molecule has 3 aliphatic heterocycles. The van der Waals surface area contributed by atoms with Crippen molar-refractivity contribution in [2.24, 2.45) is 10.9 Å². The molecule has 3 heterocycles. The highest BCUT2D eigenvalue weighted by atomic mass is 127. The Balaban J connectivity index is 0.00000261. The highest BCUT2D eigenvalue weighted by Crippen LogP contribution is 2.17. The molecule has 0 bridgehead atoms. The van der Waals surface area contributed by atoms with Crippen LogP contribution in [0, 0.1) is 5.92 Å². The number of halogens is 1. The van der Waals surface area contributed by atoms with Crippen LogP contribution in [0.3, 0.4) is 0 Å². The van der Waals surface area contributed by atoms with Crippen LogP contribution in [0.4, 0.5) is 0 Å². The maximum atomic E-state index is 5.69. The molecule has 2 atom stereocenters. The molecule has 0 spiro atoms. The largest absolute Gasteiger partial charge is 0.381 e. The molecule has 158 valence electrons. The van der Waals surface area contributed by atoms with Crippen molar-refractivity contribution < 1.29 is 14.2 Å². The van der Waals surface area contributed by atoms with E-state index in [1.54, 1.807) is 0 Å². The van der Waals surface area contributed by atoms with Crippen LogP contribution in [0.5, 0.6) is 0 Å². The highest BCUT2D eigenvalue weighted by molar-refractivity contribution is 14.0. The summed E-state index contributed by atoms with van der Waals surface area (Å²) in [5.74, 6) is 1.62. The molecule has 3 saturated heterocycles. The molecule has 7 nitrogen and oxygen atoms in total. The summed E-state index contributed by atoms with van der Waals surface area (Å²) in [5, 5.41) is 6.91. The molecule has 8 heteroatoms. The Bertz CT molecular complexity index is 421. The van der Waals surface area contributed by atoms with E-state index >= 15 is 0 Å². The second-order valence-electron chi connectivity index (χ2n) is 7.66. The Morgan fingerprint density at radius 2 is 2.04 bits per heavy atom. The zero-order chi connectivity index (χ0) is 18.0. The predicted molar refractivity (Wildman–Crippen MR) is 118 cm³/mol. The standard InChI is InChI=1S/C19H36N4O3.HI/c1-20-19(21-7-12-25-15-18-3-2-10-26-18)22-17-4-8-23(9-5-17)13-16-6-11-24-14-16;/h16-18H,2-15H2,1H3,(H2,20,21,22);1H. The number of aliphatic imine (C=N–C) groups is 1. The van der Waals surface area contributed by atoms with Crippen LogP contribution in [0.15, 0.2) is 4.99 Å². The molecule has 0 aromatic heterocycles. The molecular weight excluding hydrogens is 459 g/mol. The summed E-state index contributed by atoms with van der Waals surface area (Å²) < 4.78 is 16.7. The summed E-state index contributed by atoms with van der Waals surface area (Å²) in [6.45, 7) is 8.46. The van der Waals surface area contributed by atoms with Gasteiger partial charge in [-0.3, -0.25) is 4.99 Å². The predicted octanol–water partition coefficient (Wildman–Crippen LogP) is 1.47. The van der Waals surface area contributed by atoms with E-state index in [9.17, 15) is 0 Å². The van der Waals surface area contributed by atoms with Gasteiger partial charge in [0, 0.05) is 52.5 Å². The van der Waals surface area contributed by atoms with Gasteiger partial charge in [-0.1, -0.05) is 0 Å². The maximum absolute atomic E-state index is 5.69. The summed E-state index contributed by atoms with van der Waals surface area (Å²) in [7, 11) is 1.83. The van der Waals surface area contributed by atoms with Gasteiger partial charge in [0.15, 0.2) is 5.96 Å². The van der Waals surface area contributed by atoms with Crippen molar-refractivity contribution in [1.29, 1.82) is 0 Å². The Labute approximate surface area is 181 Å². The SMILES string of the molecule is CN=C(NCCOCC1CCCO1)NC1CCN(CC2CCOC2)CC1.I. The number of likely N-dealkylation sites (tertiary alicyclic amines) is 1. The summed E-state index contributed by atoms with van der Waals surface area (Å²) in [6.07, 6.45) is 6.16. The van der Waals surface area contributed by atoms with Crippen molar-refractivity contribution in [3.05, 3.63) is 0 Å². The fraction of sp³-hybridized carbons (Fsp3) is 0.947. The van der Waals surface area contributed by atoms with Crippen LogP contribution >= 0.6 is 24.0 Å². The number of nitrogens with one attached hydrogen (secondary N) is 2. The fourth-order valence-electron chi connectivity index (χ4n) is 3.97. The third-order valence-corrected chi connectivity index (χ3v) is 5.56. The lowest BCUT2D eigenvalue weighted by molar-refractivity contribution is 0.0191. The third-order valence-electron chi connectivity index (χ3n) is 5.56. The van der Waals surface area contributed by atoms with E-state index in [1.807, 2.05) is 7.05 Å². The van der Waals surface area contributed by atoms with Crippen molar-refractivity contribution >= 4 is 29.9 Å². The molecule has 0 aromatic rings. The Hall–Kier alpha value is -0.160. The quantitative estimate of drug-likeness (QED) is 0.230. The molecule has 0 aromatic carbocycles. The second-order valence-corrected chi connectivity index (χ2v) is 7.66. The third kappa shape index (κ3) is 8.39. The summed E-state index contributed by atoms with van der Waals surface area (Å²) in [5.41, 5.74) is 0. The van der Waals surface area contributed by atoms with E-state index in [0.717, 1.165) is 64.2 Å². The number of hydrogen-bond donors (Lipinski definition) is 2. The molecule has 0 amide bonds. The summed E-state index contributed by atoms with van der Waals surface area (Å²) in [6, 6.07) is 0.505. The second kappa shape index (κ2) is 13.1. The smallest absolute Gasteiger partial charge is 0.191 e. The number of piperidine rings is 1. The van der Waals surface area contributed by atoms with E-state index in [4.69, 9.17) is 14.2 Å². The van der Waals surface area contributed by atoms with Gasteiger partial charge in [-0.05, 0) is 38.0 Å².